The van der Waals surface area contributed by atoms with E-state index in [0.29, 0.717) is 11.5 Å². The van der Waals surface area contributed by atoms with Gasteiger partial charge in [-0.15, -0.1) is 0 Å². The summed E-state index contributed by atoms with van der Waals surface area (Å²) in [6.07, 6.45) is 0. The Balaban J connectivity index is 2.67. The Kier molecular flexibility index (Phi) is 2.32. The third kappa shape index (κ3) is 1.98. The Morgan fingerprint density at radius 1 is 1.58 bits per heavy atom. The molecule has 0 saturated carbocycles. The van der Waals surface area contributed by atoms with Crippen LogP contribution in [0.5, 0.6) is 0 Å². The van der Waals surface area contributed by atoms with Gasteiger partial charge in [0.05, 0.1) is 12.3 Å². The SMILES string of the molecule is CC(=O)NC1=NC(=O)C(C)=NC1. The largest absolute Gasteiger partial charge is 0.313 e. The van der Waals surface area contributed by atoms with Gasteiger partial charge in [0, 0.05) is 6.92 Å². The van der Waals surface area contributed by atoms with Crippen molar-refractivity contribution in [1.29, 1.82) is 0 Å². The van der Waals surface area contributed by atoms with Gasteiger partial charge in [0.15, 0.2) is 0 Å². The molecule has 1 N–H and O–H groups in total. The van der Waals surface area contributed by atoms with Crippen molar-refractivity contribution in [2.45, 2.75) is 13.8 Å². The summed E-state index contributed by atoms with van der Waals surface area (Å²) in [4.78, 5) is 29.0. The van der Waals surface area contributed by atoms with Gasteiger partial charge in [-0.05, 0) is 6.92 Å². The molecule has 1 aliphatic heterocycles. The molecule has 0 aromatic rings. The number of nitrogens with zero attached hydrogens (tertiary/aromatic N) is 2. The summed E-state index contributed by atoms with van der Waals surface area (Å²) in [6, 6.07) is 0. The summed E-state index contributed by atoms with van der Waals surface area (Å²) in [5.41, 5.74) is 0.379. The molecule has 1 rings (SSSR count). The van der Waals surface area contributed by atoms with Crippen LogP contribution < -0.4 is 5.32 Å². The third-order valence-corrected chi connectivity index (χ3v) is 1.33. The summed E-state index contributed by atoms with van der Waals surface area (Å²) < 4.78 is 0. The molecule has 1 aliphatic rings. The molecule has 64 valence electrons. The van der Waals surface area contributed by atoms with Gasteiger partial charge in [0.2, 0.25) is 5.91 Å². The zero-order valence-electron chi connectivity index (χ0n) is 6.92. The fourth-order valence-corrected chi connectivity index (χ4v) is 0.771. The Morgan fingerprint density at radius 2 is 2.25 bits per heavy atom. The second-order valence-electron chi connectivity index (χ2n) is 2.45. The van der Waals surface area contributed by atoms with Crippen LogP contribution >= 0.6 is 0 Å². The third-order valence-electron chi connectivity index (χ3n) is 1.33. The predicted octanol–water partition coefficient (Wildman–Crippen LogP) is -0.478. The van der Waals surface area contributed by atoms with Crippen molar-refractivity contribution in [1.82, 2.24) is 5.32 Å². The minimum Gasteiger partial charge on any atom is -0.313 e. The van der Waals surface area contributed by atoms with E-state index in [1.807, 2.05) is 0 Å². The average molecular weight is 167 g/mol. The minimum atomic E-state index is -0.384. The number of nitrogens with one attached hydrogen (secondary N) is 1. The monoisotopic (exact) mass is 167 g/mol. The Bertz CT molecular complexity index is 291. The lowest BCUT2D eigenvalue weighted by Gasteiger charge is -2.08. The van der Waals surface area contributed by atoms with Gasteiger partial charge in [-0.3, -0.25) is 14.6 Å². The summed E-state index contributed by atoms with van der Waals surface area (Å²) in [7, 11) is 0. The number of carbonyl (C=O) groups excluding carboxylic acids is 2. The molecule has 12 heavy (non-hydrogen) atoms. The molecule has 2 amide bonds. The van der Waals surface area contributed by atoms with E-state index in [4.69, 9.17) is 0 Å². The van der Waals surface area contributed by atoms with Gasteiger partial charge < -0.3 is 5.32 Å². The van der Waals surface area contributed by atoms with E-state index in [1.165, 1.54) is 6.92 Å². The topological polar surface area (TPSA) is 70.9 Å². The molecular weight excluding hydrogens is 158 g/mol. The lowest BCUT2D eigenvalue weighted by Crippen LogP contribution is -2.34. The van der Waals surface area contributed by atoms with Gasteiger partial charge in [-0.2, -0.15) is 4.99 Å². The molecule has 0 fully saturated rings. The zero-order valence-corrected chi connectivity index (χ0v) is 6.92. The van der Waals surface area contributed by atoms with Crippen LogP contribution in [0.15, 0.2) is 9.98 Å². The van der Waals surface area contributed by atoms with Gasteiger partial charge in [-0.25, -0.2) is 0 Å². The van der Waals surface area contributed by atoms with Crippen LogP contribution in [0.3, 0.4) is 0 Å². The fraction of sp³-hybridized carbons (Fsp3) is 0.429. The highest BCUT2D eigenvalue weighted by Crippen LogP contribution is 1.92. The van der Waals surface area contributed by atoms with Crippen molar-refractivity contribution in [2.24, 2.45) is 9.98 Å². The van der Waals surface area contributed by atoms with Crippen molar-refractivity contribution in [2.75, 3.05) is 6.54 Å². The first-order valence-corrected chi connectivity index (χ1v) is 3.50. The lowest BCUT2D eigenvalue weighted by molar-refractivity contribution is -0.117. The number of carbonyl (C=O) groups is 2. The molecular formula is C7H9N3O2. The van der Waals surface area contributed by atoms with Crippen LogP contribution in [-0.2, 0) is 9.59 Å². The first-order chi connectivity index (χ1) is 5.59. The molecule has 0 aromatic heterocycles. The Hall–Kier alpha value is -1.52. The molecule has 1 heterocycles. The van der Waals surface area contributed by atoms with E-state index in [9.17, 15) is 9.59 Å². The molecule has 0 saturated heterocycles. The second kappa shape index (κ2) is 3.25. The number of rotatable bonds is 0. The van der Waals surface area contributed by atoms with Crippen LogP contribution in [0, 0.1) is 0 Å². The smallest absolute Gasteiger partial charge is 0.292 e. The predicted molar refractivity (Wildman–Crippen MR) is 44.2 cm³/mol. The maximum atomic E-state index is 10.9. The number of hydrogen-bond acceptors (Lipinski definition) is 3. The van der Waals surface area contributed by atoms with Crippen LogP contribution in [0.4, 0.5) is 0 Å². The minimum absolute atomic E-state index is 0.240. The quantitative estimate of drug-likeness (QED) is 0.529. The van der Waals surface area contributed by atoms with Crippen LogP contribution in [0.2, 0.25) is 0 Å². The first kappa shape index (κ1) is 8.58. The average Bonchev–Trinajstić information content (AvgIpc) is 1.96. The summed E-state index contributed by atoms with van der Waals surface area (Å²) in [5.74, 6) is -0.306. The molecule has 0 aromatic carbocycles. The van der Waals surface area contributed by atoms with E-state index in [0.717, 1.165) is 0 Å². The number of amides is 2. The first-order valence-electron chi connectivity index (χ1n) is 3.50. The van der Waals surface area contributed by atoms with Crippen molar-refractivity contribution in [3.05, 3.63) is 0 Å². The summed E-state index contributed by atoms with van der Waals surface area (Å²) >= 11 is 0. The number of hydrogen-bond donors (Lipinski definition) is 1. The van der Waals surface area contributed by atoms with Crippen molar-refractivity contribution in [3.8, 4) is 0 Å². The van der Waals surface area contributed by atoms with E-state index in [2.05, 4.69) is 15.3 Å². The number of amidine groups is 1. The molecule has 0 spiro atoms. The highest BCUT2D eigenvalue weighted by Gasteiger charge is 2.12. The molecule has 5 heteroatoms. The Morgan fingerprint density at radius 3 is 2.75 bits per heavy atom. The standard InChI is InChI=1S/C7H9N3O2/c1-4-7(12)10-6(3-8-4)9-5(2)11/h3H2,1-2H3,(H,9,10,11,12). The summed E-state index contributed by atoms with van der Waals surface area (Å²) in [5, 5.41) is 2.42. The second-order valence-corrected chi connectivity index (χ2v) is 2.45. The maximum Gasteiger partial charge on any atom is 0.292 e. The molecule has 0 bridgehead atoms. The number of aliphatic imine (C=N–C) groups is 2. The molecule has 5 nitrogen and oxygen atoms in total. The molecule has 0 atom stereocenters. The normalized spacial score (nSPS) is 16.7. The summed E-state index contributed by atoms with van der Waals surface area (Å²) in [6.45, 7) is 3.23. The van der Waals surface area contributed by atoms with Crippen LogP contribution in [0.25, 0.3) is 0 Å². The Labute approximate surface area is 69.6 Å². The molecule has 0 aliphatic carbocycles. The van der Waals surface area contributed by atoms with Crippen molar-refractivity contribution in [3.63, 3.8) is 0 Å². The van der Waals surface area contributed by atoms with Gasteiger partial charge >= 0.3 is 0 Å². The fourth-order valence-electron chi connectivity index (χ4n) is 0.771. The highest BCUT2D eigenvalue weighted by molar-refractivity contribution is 6.41. The van der Waals surface area contributed by atoms with E-state index >= 15 is 0 Å². The lowest BCUT2D eigenvalue weighted by atomic mass is 10.3. The van der Waals surface area contributed by atoms with Crippen molar-refractivity contribution >= 4 is 23.4 Å². The van der Waals surface area contributed by atoms with E-state index in [1.54, 1.807) is 6.92 Å². The maximum absolute atomic E-state index is 10.9. The molecule has 0 unspecified atom stereocenters. The van der Waals surface area contributed by atoms with Crippen LogP contribution in [-0.4, -0.2) is 29.9 Å². The van der Waals surface area contributed by atoms with E-state index in [-0.39, 0.29) is 18.4 Å². The molecule has 0 radical (unpaired) electrons. The van der Waals surface area contributed by atoms with Crippen LogP contribution in [0.1, 0.15) is 13.8 Å². The van der Waals surface area contributed by atoms with Gasteiger partial charge in [0.25, 0.3) is 5.91 Å². The van der Waals surface area contributed by atoms with Gasteiger partial charge in [0.1, 0.15) is 5.84 Å². The van der Waals surface area contributed by atoms with E-state index < -0.39 is 0 Å². The van der Waals surface area contributed by atoms with Gasteiger partial charge in [-0.1, -0.05) is 0 Å². The highest BCUT2D eigenvalue weighted by atomic mass is 16.2. The van der Waals surface area contributed by atoms with Crippen molar-refractivity contribution < 1.29 is 9.59 Å². The zero-order chi connectivity index (χ0) is 9.14.